The molecule has 3 aromatic carbocycles. The molecule has 134 valence electrons. The standard InChI is InChI=1S/C25H28O/c1-18-9-11-19(12-10-18)24(2,3)21-7-6-8-22(17-21)25(4,5)20-13-15-23(26)16-14-20/h6-17,26H,1-5H3. The largest absolute Gasteiger partial charge is 0.508 e. The molecule has 3 rings (SSSR count). The Balaban J connectivity index is 2.02. The second-order valence-corrected chi connectivity index (χ2v) is 8.24. The maximum Gasteiger partial charge on any atom is 0.115 e. The molecule has 26 heavy (non-hydrogen) atoms. The van der Waals surface area contributed by atoms with Gasteiger partial charge in [0.1, 0.15) is 5.75 Å². The van der Waals surface area contributed by atoms with Gasteiger partial charge in [-0.1, -0.05) is 93.9 Å². The number of hydrogen-bond donors (Lipinski definition) is 1. The van der Waals surface area contributed by atoms with Crippen molar-refractivity contribution in [1.29, 1.82) is 0 Å². The number of hydrogen-bond acceptors (Lipinski definition) is 1. The number of phenols is 1. The zero-order valence-electron chi connectivity index (χ0n) is 16.4. The summed E-state index contributed by atoms with van der Waals surface area (Å²) in [4.78, 5) is 0. The van der Waals surface area contributed by atoms with Crippen LogP contribution in [0.1, 0.15) is 55.5 Å². The van der Waals surface area contributed by atoms with Crippen LogP contribution in [0.2, 0.25) is 0 Å². The van der Waals surface area contributed by atoms with Crippen LogP contribution in [-0.4, -0.2) is 5.11 Å². The highest BCUT2D eigenvalue weighted by Gasteiger charge is 2.27. The Morgan fingerprint density at radius 2 is 1.00 bits per heavy atom. The lowest BCUT2D eigenvalue weighted by Gasteiger charge is -2.31. The number of rotatable bonds is 4. The molecular formula is C25H28O. The lowest BCUT2D eigenvalue weighted by atomic mass is 9.73. The Hall–Kier alpha value is -2.54. The highest BCUT2D eigenvalue weighted by molar-refractivity contribution is 5.45. The smallest absolute Gasteiger partial charge is 0.115 e. The highest BCUT2D eigenvalue weighted by Crippen LogP contribution is 2.37. The van der Waals surface area contributed by atoms with Gasteiger partial charge in [0.2, 0.25) is 0 Å². The number of benzene rings is 3. The van der Waals surface area contributed by atoms with Crippen LogP contribution in [0.4, 0.5) is 0 Å². The minimum absolute atomic E-state index is 0.0608. The molecule has 3 aromatic rings. The molecule has 0 saturated carbocycles. The Labute approximate surface area is 157 Å². The van der Waals surface area contributed by atoms with Crippen molar-refractivity contribution in [2.75, 3.05) is 0 Å². The molecule has 0 aliphatic heterocycles. The molecule has 0 fully saturated rings. The van der Waals surface area contributed by atoms with Gasteiger partial charge < -0.3 is 5.11 Å². The second-order valence-electron chi connectivity index (χ2n) is 8.24. The SMILES string of the molecule is Cc1ccc(C(C)(C)c2cccc(C(C)(C)c3ccc(O)cc3)c2)cc1. The van der Waals surface area contributed by atoms with Crippen molar-refractivity contribution in [3.63, 3.8) is 0 Å². The van der Waals surface area contributed by atoms with Crippen LogP contribution < -0.4 is 0 Å². The minimum Gasteiger partial charge on any atom is -0.508 e. The Bertz CT molecular complexity index is 811. The zero-order chi connectivity index (χ0) is 18.9. The molecule has 0 aliphatic rings. The van der Waals surface area contributed by atoms with E-state index < -0.39 is 0 Å². The van der Waals surface area contributed by atoms with E-state index in [2.05, 4.69) is 83.1 Å². The predicted octanol–water partition coefficient (Wildman–Crippen LogP) is 6.35. The third-order valence-corrected chi connectivity index (χ3v) is 5.67. The van der Waals surface area contributed by atoms with Gasteiger partial charge in [-0.3, -0.25) is 0 Å². The summed E-state index contributed by atoms with van der Waals surface area (Å²) in [6, 6.07) is 25.3. The van der Waals surface area contributed by atoms with Crippen molar-refractivity contribution >= 4 is 0 Å². The van der Waals surface area contributed by atoms with E-state index in [0.717, 1.165) is 0 Å². The molecule has 0 spiro atoms. The van der Waals surface area contributed by atoms with E-state index in [9.17, 15) is 5.11 Å². The second kappa shape index (κ2) is 6.64. The summed E-state index contributed by atoms with van der Waals surface area (Å²) in [7, 11) is 0. The topological polar surface area (TPSA) is 20.2 Å². The van der Waals surface area contributed by atoms with Gasteiger partial charge in [-0.25, -0.2) is 0 Å². The normalized spacial score (nSPS) is 12.2. The van der Waals surface area contributed by atoms with E-state index >= 15 is 0 Å². The molecule has 1 heteroatoms. The quantitative estimate of drug-likeness (QED) is 0.584. The lowest BCUT2D eigenvalue weighted by Crippen LogP contribution is -2.22. The first kappa shape index (κ1) is 18.3. The molecule has 0 heterocycles. The van der Waals surface area contributed by atoms with E-state index in [1.165, 1.54) is 27.8 Å². The van der Waals surface area contributed by atoms with E-state index in [0.29, 0.717) is 5.75 Å². The Kier molecular flexibility index (Phi) is 4.66. The fraction of sp³-hybridized carbons (Fsp3) is 0.280. The fourth-order valence-corrected chi connectivity index (χ4v) is 3.48. The van der Waals surface area contributed by atoms with Crippen LogP contribution in [0.5, 0.6) is 5.75 Å². The van der Waals surface area contributed by atoms with E-state index in [4.69, 9.17) is 0 Å². The van der Waals surface area contributed by atoms with Crippen LogP contribution >= 0.6 is 0 Å². The zero-order valence-corrected chi connectivity index (χ0v) is 16.4. The molecule has 1 N–H and O–H groups in total. The van der Waals surface area contributed by atoms with Gasteiger partial charge in [0, 0.05) is 10.8 Å². The maximum atomic E-state index is 9.59. The summed E-state index contributed by atoms with van der Waals surface area (Å²) in [5, 5.41) is 9.59. The molecule has 0 aliphatic carbocycles. The monoisotopic (exact) mass is 344 g/mol. The van der Waals surface area contributed by atoms with Gasteiger partial charge in [-0.05, 0) is 41.3 Å². The van der Waals surface area contributed by atoms with Gasteiger partial charge in [-0.15, -0.1) is 0 Å². The average molecular weight is 344 g/mol. The average Bonchev–Trinajstić information content (AvgIpc) is 2.62. The summed E-state index contributed by atoms with van der Waals surface area (Å²) in [6.45, 7) is 11.2. The van der Waals surface area contributed by atoms with Crippen LogP contribution in [0.15, 0.2) is 72.8 Å². The van der Waals surface area contributed by atoms with Crippen LogP contribution in [0.3, 0.4) is 0 Å². The third-order valence-electron chi connectivity index (χ3n) is 5.67. The Morgan fingerprint density at radius 3 is 1.46 bits per heavy atom. The summed E-state index contributed by atoms with van der Waals surface area (Å²) in [6.07, 6.45) is 0. The van der Waals surface area contributed by atoms with E-state index in [1.54, 1.807) is 12.1 Å². The van der Waals surface area contributed by atoms with Crippen molar-refractivity contribution in [3.05, 3.63) is 101 Å². The van der Waals surface area contributed by atoms with Gasteiger partial charge in [0.15, 0.2) is 0 Å². The minimum atomic E-state index is -0.132. The van der Waals surface area contributed by atoms with Gasteiger partial charge >= 0.3 is 0 Å². The van der Waals surface area contributed by atoms with Crippen molar-refractivity contribution in [2.24, 2.45) is 0 Å². The van der Waals surface area contributed by atoms with Crippen LogP contribution in [0, 0.1) is 6.92 Å². The summed E-state index contributed by atoms with van der Waals surface area (Å²) in [5.74, 6) is 0.304. The number of phenolic OH excluding ortho intramolecular Hbond substituents is 1. The fourth-order valence-electron chi connectivity index (χ4n) is 3.48. The molecule has 0 saturated heterocycles. The third kappa shape index (κ3) is 3.39. The summed E-state index contributed by atoms with van der Waals surface area (Å²) < 4.78 is 0. The van der Waals surface area contributed by atoms with Crippen LogP contribution in [0.25, 0.3) is 0 Å². The molecule has 1 nitrogen and oxygen atoms in total. The molecule has 0 unspecified atom stereocenters. The molecule has 0 aromatic heterocycles. The van der Waals surface area contributed by atoms with E-state index in [1.807, 2.05) is 12.1 Å². The Morgan fingerprint density at radius 1 is 0.577 bits per heavy atom. The van der Waals surface area contributed by atoms with Gasteiger partial charge in [-0.2, -0.15) is 0 Å². The maximum absolute atomic E-state index is 9.59. The van der Waals surface area contributed by atoms with Crippen molar-refractivity contribution in [2.45, 2.75) is 45.4 Å². The van der Waals surface area contributed by atoms with Crippen molar-refractivity contribution in [3.8, 4) is 5.75 Å². The predicted molar refractivity (Wildman–Crippen MR) is 110 cm³/mol. The molecule has 0 atom stereocenters. The molecular weight excluding hydrogens is 316 g/mol. The van der Waals surface area contributed by atoms with Crippen molar-refractivity contribution < 1.29 is 5.11 Å². The first-order valence-corrected chi connectivity index (χ1v) is 9.19. The molecule has 0 radical (unpaired) electrons. The summed E-state index contributed by atoms with van der Waals surface area (Å²) >= 11 is 0. The molecule has 0 amide bonds. The number of aromatic hydroxyl groups is 1. The van der Waals surface area contributed by atoms with Crippen molar-refractivity contribution in [1.82, 2.24) is 0 Å². The van der Waals surface area contributed by atoms with Gasteiger partial charge in [0.25, 0.3) is 0 Å². The first-order valence-electron chi connectivity index (χ1n) is 9.19. The number of aryl methyl sites for hydroxylation is 1. The molecule has 0 bridgehead atoms. The lowest BCUT2D eigenvalue weighted by molar-refractivity contribution is 0.474. The highest BCUT2D eigenvalue weighted by atomic mass is 16.3. The van der Waals surface area contributed by atoms with Crippen LogP contribution in [-0.2, 0) is 10.8 Å². The van der Waals surface area contributed by atoms with Gasteiger partial charge in [0.05, 0.1) is 0 Å². The van der Waals surface area contributed by atoms with E-state index in [-0.39, 0.29) is 10.8 Å². The summed E-state index contributed by atoms with van der Waals surface area (Å²) in [5.41, 5.74) is 6.20. The first-order chi connectivity index (χ1) is 12.2.